The number of hydrogen-bond donors (Lipinski definition) is 3. The third-order valence-corrected chi connectivity index (χ3v) is 16.4. The number of carbonyl (C=O) groups excluding carboxylic acids is 6. The first-order valence-electron chi connectivity index (χ1n) is 25.7. The lowest BCUT2D eigenvalue weighted by molar-refractivity contribution is -0.143. The van der Waals surface area contributed by atoms with Crippen LogP contribution in [0.4, 0.5) is 0 Å². The molecule has 15 nitrogen and oxygen atoms in total. The number of aliphatic hydroxyl groups is 1. The van der Waals surface area contributed by atoms with Crippen LogP contribution in [0, 0.1) is 12.8 Å². The van der Waals surface area contributed by atoms with Gasteiger partial charge in [-0.3, -0.25) is 28.8 Å². The number of β-amino-alcohol motifs (C(OH)–C–C–N with tert-alkyl or cyclic N) is 1. The van der Waals surface area contributed by atoms with Crippen molar-refractivity contribution in [3.8, 4) is 16.2 Å². The van der Waals surface area contributed by atoms with Crippen molar-refractivity contribution in [1.82, 2.24) is 35.2 Å². The van der Waals surface area contributed by atoms with Gasteiger partial charge >= 0.3 is 0 Å². The molecule has 5 aliphatic rings. The second-order valence-corrected chi connectivity index (χ2v) is 21.8. The summed E-state index contributed by atoms with van der Waals surface area (Å²) in [6.07, 6.45) is 2.34. The van der Waals surface area contributed by atoms with Crippen molar-refractivity contribution in [1.29, 1.82) is 0 Å². The molecular formula is C58H63N7O8S. The van der Waals surface area contributed by atoms with E-state index in [1.54, 1.807) is 48.6 Å². The summed E-state index contributed by atoms with van der Waals surface area (Å²) in [6.45, 7) is 12.4. The van der Waals surface area contributed by atoms with Crippen LogP contribution in [0.5, 0.6) is 5.75 Å². The van der Waals surface area contributed by atoms with Crippen LogP contribution >= 0.6 is 11.3 Å². The van der Waals surface area contributed by atoms with Crippen molar-refractivity contribution in [3.05, 3.63) is 153 Å². The molecule has 74 heavy (non-hydrogen) atoms. The van der Waals surface area contributed by atoms with E-state index in [0.717, 1.165) is 32.8 Å². The van der Waals surface area contributed by atoms with Crippen LogP contribution in [-0.2, 0) is 45.4 Å². The highest BCUT2D eigenvalue weighted by molar-refractivity contribution is 7.13. The van der Waals surface area contributed by atoms with Crippen molar-refractivity contribution in [2.45, 2.75) is 128 Å². The summed E-state index contributed by atoms with van der Waals surface area (Å²) in [5, 5.41) is 16.8. The maximum absolute atomic E-state index is 14.9. The number of ether oxygens (including phenoxy) is 1. The van der Waals surface area contributed by atoms with Gasteiger partial charge in [0, 0.05) is 56.7 Å². The monoisotopic (exact) mass is 1020 g/mol. The van der Waals surface area contributed by atoms with Crippen LogP contribution < -0.4 is 15.4 Å². The first-order chi connectivity index (χ1) is 35.6. The molecule has 3 fully saturated rings. The molecular weight excluding hydrogens is 955 g/mol. The van der Waals surface area contributed by atoms with E-state index >= 15 is 0 Å². The zero-order valence-electron chi connectivity index (χ0n) is 42.3. The van der Waals surface area contributed by atoms with E-state index in [-0.39, 0.29) is 81.7 Å². The van der Waals surface area contributed by atoms with Crippen LogP contribution in [0.15, 0.2) is 109 Å². The van der Waals surface area contributed by atoms with Crippen LogP contribution in [0.1, 0.15) is 113 Å². The first-order valence-corrected chi connectivity index (χ1v) is 26.6. The molecule has 4 aliphatic heterocycles. The van der Waals surface area contributed by atoms with Crippen molar-refractivity contribution in [2.75, 3.05) is 13.1 Å². The van der Waals surface area contributed by atoms with Gasteiger partial charge in [0.25, 0.3) is 11.8 Å². The second kappa shape index (κ2) is 21.0. The van der Waals surface area contributed by atoms with Crippen molar-refractivity contribution < 1.29 is 38.6 Å². The number of likely N-dealkylation sites (tertiary alicyclic amines) is 2. The highest BCUT2D eigenvalue weighted by Gasteiger charge is 2.48. The molecule has 16 heteroatoms. The number of aromatic nitrogens is 1. The summed E-state index contributed by atoms with van der Waals surface area (Å²) in [5.41, 5.74) is 9.74. The average Bonchev–Trinajstić information content (AvgIpc) is 4.21. The number of rotatable bonds is 16. The molecule has 1 saturated carbocycles. The van der Waals surface area contributed by atoms with Crippen molar-refractivity contribution in [3.63, 3.8) is 0 Å². The van der Waals surface area contributed by atoms with Crippen molar-refractivity contribution >= 4 is 46.8 Å². The van der Waals surface area contributed by atoms with Gasteiger partial charge in [0.2, 0.25) is 23.6 Å². The molecule has 0 spiro atoms. The van der Waals surface area contributed by atoms with E-state index in [9.17, 15) is 33.9 Å². The molecule has 1 aliphatic carbocycles. The van der Waals surface area contributed by atoms with Crippen LogP contribution in [0.3, 0.4) is 0 Å². The minimum absolute atomic E-state index is 0.0286. The lowest BCUT2D eigenvalue weighted by atomic mass is 9.80. The lowest BCUT2D eigenvalue weighted by Crippen LogP contribution is -2.55. The van der Waals surface area contributed by atoms with E-state index in [1.165, 1.54) is 44.4 Å². The average molecular weight is 1020 g/mol. The summed E-state index contributed by atoms with van der Waals surface area (Å²) < 4.78 is 6.60. The Kier molecular flexibility index (Phi) is 14.3. The predicted molar refractivity (Wildman–Crippen MR) is 280 cm³/mol. The Morgan fingerprint density at radius 3 is 2.03 bits per heavy atom. The number of fused-ring (bicyclic) bond motifs is 2. The van der Waals surface area contributed by atoms with Crippen LogP contribution in [-0.4, -0.2) is 115 Å². The number of aryl methyl sites for hydroxylation is 1. The van der Waals surface area contributed by atoms with E-state index in [0.29, 0.717) is 33.9 Å². The molecule has 0 bridgehead atoms. The SMILES string of the molecule is C=C(C)[C@@H](C(=O)N1C[C@H](Oc2ccc3c(c2)CN([C@H](C(=O)N2C[C@H](O)C[C@H]2C(=O)NCc2ccc(C4CCC4)cc2)C(C)C)C3=O)C[C@H]1C(=O)NCc1ccc(-c2scnc2C)cc1)N1Cc2ccccc2C1=O. The predicted octanol–water partition coefficient (Wildman–Crippen LogP) is 6.91. The van der Waals surface area contributed by atoms with E-state index in [4.69, 9.17) is 4.74 Å². The number of thiazole rings is 1. The van der Waals surface area contributed by atoms with Gasteiger partial charge in [0.05, 0.1) is 28.7 Å². The van der Waals surface area contributed by atoms with Gasteiger partial charge in [-0.25, -0.2) is 4.98 Å². The van der Waals surface area contributed by atoms with E-state index in [2.05, 4.69) is 34.3 Å². The van der Waals surface area contributed by atoms with Gasteiger partial charge in [-0.1, -0.05) is 93.6 Å². The van der Waals surface area contributed by atoms with Crippen LogP contribution in [0.2, 0.25) is 0 Å². The standard InChI is InChI=1S/C58H63N7O8S/c1-33(2)50(57(71)62-30-43(66)24-48(62)53(67)59-26-36-13-17-39(18-14-36)38-10-8-11-38)65-29-42-23-44(21-22-47(42)56(65)70)73-45-25-49(54(68)60-27-37-15-19-40(20-16-37)52-35(5)61-32-74-52)63(31-45)58(72)51(34(3)4)64-28-41-9-6-7-12-46(41)55(64)69/h6-7,9,12-23,32-33,38,43,45,48-51,66H,3,8,10-11,24-31H2,1-2,4-5H3,(H,59,67)(H,60,68)/t43-,45-,48+,49+,50+,51+/m1/s1. The summed E-state index contributed by atoms with van der Waals surface area (Å²) in [4.78, 5) is 96.8. The van der Waals surface area contributed by atoms with E-state index < -0.39 is 48.2 Å². The zero-order chi connectivity index (χ0) is 51.9. The number of hydrogen-bond acceptors (Lipinski definition) is 10. The third-order valence-electron chi connectivity index (χ3n) is 15.5. The van der Waals surface area contributed by atoms with Gasteiger partial charge in [-0.05, 0) is 102 Å². The summed E-state index contributed by atoms with van der Waals surface area (Å²) in [6, 6.07) is 24.7. The fraction of sp³-hybridized carbons (Fsp3) is 0.397. The number of benzene rings is 4. The number of nitrogens with zero attached hydrogens (tertiary/aromatic N) is 5. The minimum Gasteiger partial charge on any atom is -0.488 e. The van der Waals surface area contributed by atoms with E-state index in [1.807, 2.05) is 74.8 Å². The quantitative estimate of drug-likeness (QED) is 0.0886. The van der Waals surface area contributed by atoms with Gasteiger partial charge in [0.15, 0.2) is 0 Å². The molecule has 4 aromatic carbocycles. The third kappa shape index (κ3) is 9.96. The molecule has 6 amide bonds. The molecule has 5 aromatic rings. The minimum atomic E-state index is -1.03. The second-order valence-electron chi connectivity index (χ2n) is 20.9. The Labute approximate surface area is 435 Å². The van der Waals surface area contributed by atoms with Crippen molar-refractivity contribution in [2.24, 2.45) is 5.92 Å². The lowest BCUT2D eigenvalue weighted by Gasteiger charge is -2.35. The highest BCUT2D eigenvalue weighted by atomic mass is 32.1. The molecule has 1 aromatic heterocycles. The normalized spacial score (nSPS) is 21.1. The van der Waals surface area contributed by atoms with Gasteiger partial charge in [-0.15, -0.1) is 11.3 Å². The number of carbonyl (C=O) groups is 6. The Bertz CT molecular complexity index is 3010. The fourth-order valence-corrected chi connectivity index (χ4v) is 12.1. The van der Waals surface area contributed by atoms with Gasteiger partial charge < -0.3 is 40.1 Å². The number of nitrogens with one attached hydrogen (secondary N) is 2. The highest BCUT2D eigenvalue weighted by Crippen LogP contribution is 2.37. The molecule has 6 atom stereocenters. The fourth-order valence-electron chi connectivity index (χ4n) is 11.3. The summed E-state index contributed by atoms with van der Waals surface area (Å²) in [7, 11) is 0. The van der Waals surface area contributed by atoms with Gasteiger partial charge in [-0.2, -0.15) is 0 Å². The maximum atomic E-state index is 14.9. The number of aliphatic hydroxyl groups excluding tert-OH is 1. The Balaban J connectivity index is 0.831. The zero-order valence-corrected chi connectivity index (χ0v) is 43.1. The molecule has 0 unspecified atom stereocenters. The first kappa shape index (κ1) is 50.4. The Morgan fingerprint density at radius 2 is 1.41 bits per heavy atom. The molecule has 2 saturated heterocycles. The molecule has 384 valence electrons. The molecule has 10 rings (SSSR count). The molecule has 0 radical (unpaired) electrons. The smallest absolute Gasteiger partial charge is 0.255 e. The van der Waals surface area contributed by atoms with Crippen LogP contribution in [0.25, 0.3) is 10.4 Å². The Morgan fingerprint density at radius 1 is 0.784 bits per heavy atom. The topological polar surface area (TPSA) is 182 Å². The van der Waals surface area contributed by atoms with Gasteiger partial charge in [0.1, 0.15) is 36.0 Å². The summed E-state index contributed by atoms with van der Waals surface area (Å²) in [5.74, 6) is -1.51. The Hall–Kier alpha value is -7.17. The summed E-state index contributed by atoms with van der Waals surface area (Å²) >= 11 is 1.56. The molecule has 3 N–H and O–H groups in total. The largest absolute Gasteiger partial charge is 0.488 e. The number of amides is 6. The maximum Gasteiger partial charge on any atom is 0.255 e. The molecule has 5 heterocycles.